The highest BCUT2D eigenvalue weighted by molar-refractivity contribution is 9.10. The first-order valence-corrected chi connectivity index (χ1v) is 8.10. The fourth-order valence-electron chi connectivity index (χ4n) is 2.46. The maximum atomic E-state index is 9.54. The molecule has 0 saturated heterocycles. The van der Waals surface area contributed by atoms with Crippen LogP contribution in [0.3, 0.4) is 0 Å². The summed E-state index contributed by atoms with van der Waals surface area (Å²) in [6.07, 6.45) is -0.538. The molecule has 3 rings (SSSR count). The molecule has 108 valence electrons. The van der Waals surface area contributed by atoms with Gasteiger partial charge in [-0.15, -0.1) is 11.6 Å². The van der Waals surface area contributed by atoms with Gasteiger partial charge in [0.2, 0.25) is 0 Å². The van der Waals surface area contributed by atoms with Crippen LogP contribution in [0.4, 0.5) is 5.69 Å². The van der Waals surface area contributed by atoms with Gasteiger partial charge in [-0.05, 0) is 39.7 Å². The molecule has 0 fully saturated rings. The van der Waals surface area contributed by atoms with Gasteiger partial charge in [-0.25, -0.2) is 0 Å². The lowest BCUT2D eigenvalue weighted by molar-refractivity contribution is 0.211. The topological polar surface area (TPSA) is 32.3 Å². The molecule has 3 aromatic carbocycles. The van der Waals surface area contributed by atoms with Gasteiger partial charge in [0.25, 0.3) is 0 Å². The zero-order valence-electron chi connectivity index (χ0n) is 11.3. The number of benzene rings is 3. The van der Waals surface area contributed by atoms with Gasteiger partial charge in [-0.2, -0.15) is 0 Å². The van der Waals surface area contributed by atoms with Crippen LogP contribution in [0.5, 0.6) is 0 Å². The lowest BCUT2D eigenvalue weighted by Gasteiger charge is -2.12. The first-order chi connectivity index (χ1) is 10.2. The summed E-state index contributed by atoms with van der Waals surface area (Å²) in [6, 6.07) is 16.7. The van der Waals surface area contributed by atoms with Crippen molar-refractivity contribution in [3.05, 3.63) is 53.0 Å². The number of fused-ring (bicyclic) bond motifs is 3. The highest BCUT2D eigenvalue weighted by Gasteiger charge is 2.06. The Morgan fingerprint density at radius 1 is 1.05 bits per heavy atom. The van der Waals surface area contributed by atoms with Crippen LogP contribution in [0.1, 0.15) is 0 Å². The molecule has 4 heteroatoms. The Hall–Kier alpha value is -1.29. The molecule has 21 heavy (non-hydrogen) atoms. The minimum absolute atomic E-state index is 0.233. The fourth-order valence-corrected chi connectivity index (χ4v) is 3.16. The van der Waals surface area contributed by atoms with Gasteiger partial charge >= 0.3 is 0 Å². The van der Waals surface area contributed by atoms with Crippen molar-refractivity contribution in [1.82, 2.24) is 0 Å². The maximum absolute atomic E-state index is 9.54. The minimum atomic E-state index is -0.538. The lowest BCUT2D eigenvalue weighted by atomic mass is 10.0. The van der Waals surface area contributed by atoms with Gasteiger partial charge in [0.1, 0.15) is 0 Å². The molecule has 0 aliphatic carbocycles. The number of rotatable bonds is 4. The molecule has 2 N–H and O–H groups in total. The van der Waals surface area contributed by atoms with E-state index in [1.165, 1.54) is 21.5 Å². The lowest BCUT2D eigenvalue weighted by Crippen LogP contribution is -2.20. The van der Waals surface area contributed by atoms with Crippen LogP contribution in [0.15, 0.2) is 53.0 Å². The molecule has 0 bridgehead atoms. The van der Waals surface area contributed by atoms with E-state index >= 15 is 0 Å². The van der Waals surface area contributed by atoms with Crippen molar-refractivity contribution in [3.8, 4) is 0 Å². The van der Waals surface area contributed by atoms with Crippen LogP contribution in [0, 0.1) is 0 Å². The molecule has 3 aromatic rings. The average molecular weight is 365 g/mol. The molecule has 0 saturated carbocycles. The van der Waals surface area contributed by atoms with Crippen LogP contribution in [-0.2, 0) is 0 Å². The predicted molar refractivity (Wildman–Crippen MR) is 94.4 cm³/mol. The quantitative estimate of drug-likeness (QED) is 0.516. The van der Waals surface area contributed by atoms with Gasteiger partial charge in [-0.1, -0.05) is 46.3 Å². The van der Waals surface area contributed by atoms with E-state index in [2.05, 4.69) is 51.6 Å². The third kappa shape index (κ3) is 3.00. The predicted octanol–water partition coefficient (Wildman–Crippen LogP) is 4.77. The van der Waals surface area contributed by atoms with E-state index in [9.17, 15) is 5.11 Å². The normalized spacial score (nSPS) is 12.7. The SMILES string of the molecule is OC(CCl)CNc1ccc2cc(Br)c3ccccc3c2c1. The van der Waals surface area contributed by atoms with E-state index in [1.54, 1.807) is 0 Å². The Balaban J connectivity index is 2.07. The number of alkyl halides is 1. The molecule has 0 radical (unpaired) electrons. The third-order valence-corrected chi connectivity index (χ3v) is 4.54. The summed E-state index contributed by atoms with van der Waals surface area (Å²) in [4.78, 5) is 0. The molecule has 0 aliphatic heterocycles. The molecule has 0 aliphatic rings. The zero-order valence-corrected chi connectivity index (χ0v) is 13.7. The van der Waals surface area contributed by atoms with Gasteiger partial charge in [0.05, 0.1) is 12.0 Å². The summed E-state index contributed by atoms with van der Waals surface area (Å²) in [6.45, 7) is 0.448. The second-order valence-electron chi connectivity index (χ2n) is 5.03. The number of hydrogen-bond donors (Lipinski definition) is 2. The highest BCUT2D eigenvalue weighted by Crippen LogP contribution is 2.33. The molecule has 0 heterocycles. The van der Waals surface area contributed by atoms with E-state index in [1.807, 2.05) is 18.2 Å². The van der Waals surface area contributed by atoms with Crippen LogP contribution in [0.2, 0.25) is 0 Å². The molecule has 1 unspecified atom stereocenters. The second-order valence-corrected chi connectivity index (χ2v) is 6.19. The summed E-state index contributed by atoms with van der Waals surface area (Å²) in [5, 5.41) is 17.5. The van der Waals surface area contributed by atoms with Gasteiger partial charge in [-0.3, -0.25) is 0 Å². The molecule has 1 atom stereocenters. The summed E-state index contributed by atoms with van der Waals surface area (Å²) in [5.41, 5.74) is 0.985. The Morgan fingerprint density at radius 2 is 1.81 bits per heavy atom. The van der Waals surface area contributed by atoms with Gasteiger partial charge in [0.15, 0.2) is 0 Å². The van der Waals surface area contributed by atoms with Crippen molar-refractivity contribution in [1.29, 1.82) is 0 Å². The molecule has 0 amide bonds. The van der Waals surface area contributed by atoms with E-state index < -0.39 is 6.10 Å². The van der Waals surface area contributed by atoms with Crippen molar-refractivity contribution in [2.75, 3.05) is 17.7 Å². The zero-order chi connectivity index (χ0) is 14.8. The van der Waals surface area contributed by atoms with E-state index in [0.29, 0.717) is 6.54 Å². The molecule has 2 nitrogen and oxygen atoms in total. The second kappa shape index (κ2) is 6.22. The maximum Gasteiger partial charge on any atom is 0.0847 e. The van der Waals surface area contributed by atoms with Crippen molar-refractivity contribution < 1.29 is 5.11 Å². The van der Waals surface area contributed by atoms with E-state index in [0.717, 1.165) is 10.2 Å². The van der Waals surface area contributed by atoms with Gasteiger partial charge in [0, 0.05) is 16.7 Å². The largest absolute Gasteiger partial charge is 0.390 e. The van der Waals surface area contributed by atoms with Crippen molar-refractivity contribution in [2.24, 2.45) is 0 Å². The van der Waals surface area contributed by atoms with Crippen molar-refractivity contribution in [3.63, 3.8) is 0 Å². The summed E-state index contributed by atoms with van der Waals surface area (Å²) in [7, 11) is 0. The summed E-state index contributed by atoms with van der Waals surface area (Å²) in [5.74, 6) is 0.233. The number of hydrogen-bond acceptors (Lipinski definition) is 2. The Bertz CT molecular complexity index is 790. The molecule has 0 spiro atoms. The van der Waals surface area contributed by atoms with Crippen molar-refractivity contribution in [2.45, 2.75) is 6.10 Å². The summed E-state index contributed by atoms with van der Waals surface area (Å²) >= 11 is 9.25. The third-order valence-electron chi connectivity index (χ3n) is 3.53. The number of nitrogens with one attached hydrogen (secondary N) is 1. The molecule has 0 aromatic heterocycles. The average Bonchev–Trinajstić information content (AvgIpc) is 2.53. The Labute approximate surface area is 136 Å². The first kappa shape index (κ1) is 14.6. The number of halogens is 2. The first-order valence-electron chi connectivity index (χ1n) is 6.78. The van der Waals surface area contributed by atoms with Crippen molar-refractivity contribution >= 4 is 54.8 Å². The van der Waals surface area contributed by atoms with E-state index in [4.69, 9.17) is 11.6 Å². The van der Waals surface area contributed by atoms with E-state index in [-0.39, 0.29) is 5.88 Å². The molecular formula is C17H15BrClNO. The number of anilines is 1. The van der Waals surface area contributed by atoms with Gasteiger partial charge < -0.3 is 10.4 Å². The minimum Gasteiger partial charge on any atom is -0.390 e. The van der Waals surface area contributed by atoms with Crippen LogP contribution in [0.25, 0.3) is 21.5 Å². The number of aliphatic hydroxyl groups excluding tert-OH is 1. The smallest absolute Gasteiger partial charge is 0.0847 e. The van der Waals surface area contributed by atoms with Crippen LogP contribution < -0.4 is 5.32 Å². The Kier molecular flexibility index (Phi) is 4.34. The fraction of sp³-hybridized carbons (Fsp3) is 0.176. The summed E-state index contributed by atoms with van der Waals surface area (Å²) < 4.78 is 1.10. The highest BCUT2D eigenvalue weighted by atomic mass is 79.9. The van der Waals surface area contributed by atoms with Crippen LogP contribution in [-0.4, -0.2) is 23.6 Å². The monoisotopic (exact) mass is 363 g/mol. The molecular weight excluding hydrogens is 350 g/mol. The van der Waals surface area contributed by atoms with Crippen LogP contribution >= 0.6 is 27.5 Å². The standard InChI is InChI=1S/C17H15BrClNO/c18-17-7-11-5-6-12(20-10-13(21)9-19)8-16(11)14-3-1-2-4-15(14)17/h1-8,13,20-21H,9-10H2. The Morgan fingerprint density at radius 3 is 2.57 bits per heavy atom. The number of aliphatic hydroxyl groups is 1.